The lowest BCUT2D eigenvalue weighted by molar-refractivity contribution is -0.131. The van der Waals surface area contributed by atoms with Gasteiger partial charge in [-0.15, -0.1) is 0 Å². The number of nitrogens with one attached hydrogen (secondary N) is 1. The van der Waals surface area contributed by atoms with Crippen molar-refractivity contribution in [1.82, 2.24) is 15.1 Å². The Balaban J connectivity index is 1.83. The van der Waals surface area contributed by atoms with Gasteiger partial charge in [0.2, 0.25) is 5.91 Å². The van der Waals surface area contributed by atoms with E-state index in [1.54, 1.807) is 17.0 Å². The van der Waals surface area contributed by atoms with Gasteiger partial charge in [0.1, 0.15) is 5.75 Å². The Bertz CT molecular complexity index is 413. The summed E-state index contributed by atoms with van der Waals surface area (Å²) < 4.78 is 0. The van der Waals surface area contributed by atoms with Gasteiger partial charge in [0.15, 0.2) is 0 Å². The number of carbonyl (C=O) groups is 1. The van der Waals surface area contributed by atoms with Crippen LogP contribution in [0.4, 0.5) is 0 Å². The van der Waals surface area contributed by atoms with Crippen molar-refractivity contribution in [3.8, 4) is 5.75 Å². The van der Waals surface area contributed by atoms with Crippen molar-refractivity contribution in [3.05, 3.63) is 29.8 Å². The zero-order valence-corrected chi connectivity index (χ0v) is 11.3. The summed E-state index contributed by atoms with van der Waals surface area (Å²) >= 11 is 0. The van der Waals surface area contributed by atoms with E-state index in [0.717, 1.165) is 31.7 Å². The van der Waals surface area contributed by atoms with Gasteiger partial charge in [-0.25, -0.2) is 0 Å². The predicted octanol–water partition coefficient (Wildman–Crippen LogP) is 0.256. The van der Waals surface area contributed by atoms with E-state index in [0.29, 0.717) is 13.1 Å². The molecule has 1 aliphatic rings. The Morgan fingerprint density at radius 2 is 1.95 bits per heavy atom. The number of phenols is 1. The first-order valence-corrected chi connectivity index (χ1v) is 6.60. The van der Waals surface area contributed by atoms with Crippen LogP contribution in [-0.4, -0.2) is 60.6 Å². The number of hydrogen-bond acceptors (Lipinski definition) is 4. The van der Waals surface area contributed by atoms with Crippen molar-refractivity contribution in [1.29, 1.82) is 0 Å². The Hall–Kier alpha value is -1.59. The quantitative estimate of drug-likeness (QED) is 0.818. The zero-order valence-electron chi connectivity index (χ0n) is 11.3. The van der Waals surface area contributed by atoms with Crippen molar-refractivity contribution >= 4 is 5.91 Å². The largest absolute Gasteiger partial charge is 0.508 e. The summed E-state index contributed by atoms with van der Waals surface area (Å²) in [5.74, 6) is 0.383. The normalized spacial score (nSPS) is 16.3. The fourth-order valence-electron chi connectivity index (χ4n) is 2.14. The first kappa shape index (κ1) is 13.8. The number of hydrogen-bond donors (Lipinski definition) is 2. The van der Waals surface area contributed by atoms with Gasteiger partial charge in [-0.3, -0.25) is 9.69 Å². The molecular formula is C14H21N3O2. The van der Waals surface area contributed by atoms with E-state index >= 15 is 0 Å². The standard InChI is InChI=1S/C14H21N3O2/c1-16(10-12-2-4-13(18)5-3-12)14(19)11-17-8-6-15-7-9-17/h2-5,15,18H,6-11H2,1H3. The second-order valence-electron chi connectivity index (χ2n) is 4.94. The minimum absolute atomic E-state index is 0.134. The number of piperazine rings is 1. The molecule has 1 heterocycles. The summed E-state index contributed by atoms with van der Waals surface area (Å²) in [6.45, 7) is 4.82. The minimum Gasteiger partial charge on any atom is -0.508 e. The maximum absolute atomic E-state index is 12.1. The van der Waals surface area contributed by atoms with E-state index in [9.17, 15) is 9.90 Å². The lowest BCUT2D eigenvalue weighted by Gasteiger charge is -2.28. The Kier molecular flexibility index (Phi) is 4.76. The van der Waals surface area contributed by atoms with Gasteiger partial charge in [0, 0.05) is 39.8 Å². The van der Waals surface area contributed by atoms with Crippen LogP contribution in [0.15, 0.2) is 24.3 Å². The SMILES string of the molecule is CN(Cc1ccc(O)cc1)C(=O)CN1CCNCC1. The number of benzene rings is 1. The third-order valence-electron chi connectivity index (χ3n) is 3.35. The van der Waals surface area contributed by atoms with E-state index in [2.05, 4.69) is 10.2 Å². The summed E-state index contributed by atoms with van der Waals surface area (Å²) in [7, 11) is 1.82. The van der Waals surface area contributed by atoms with Crippen LogP contribution in [0.3, 0.4) is 0 Å². The molecule has 0 atom stereocenters. The number of carbonyl (C=O) groups excluding carboxylic acids is 1. The van der Waals surface area contributed by atoms with Gasteiger partial charge < -0.3 is 15.3 Å². The summed E-state index contributed by atoms with van der Waals surface area (Å²) in [5, 5.41) is 12.5. The maximum atomic E-state index is 12.1. The highest BCUT2D eigenvalue weighted by atomic mass is 16.3. The molecule has 0 radical (unpaired) electrons. The lowest BCUT2D eigenvalue weighted by atomic mass is 10.2. The van der Waals surface area contributed by atoms with E-state index in [1.165, 1.54) is 0 Å². The summed E-state index contributed by atoms with van der Waals surface area (Å²) in [4.78, 5) is 16.0. The van der Waals surface area contributed by atoms with Crippen LogP contribution >= 0.6 is 0 Å². The minimum atomic E-state index is 0.134. The van der Waals surface area contributed by atoms with Crippen LogP contribution in [0.5, 0.6) is 5.75 Å². The summed E-state index contributed by atoms with van der Waals surface area (Å²) in [6, 6.07) is 6.96. The molecule has 1 aromatic rings. The molecule has 5 nitrogen and oxygen atoms in total. The molecular weight excluding hydrogens is 242 g/mol. The highest BCUT2D eigenvalue weighted by Crippen LogP contribution is 2.11. The topological polar surface area (TPSA) is 55.8 Å². The zero-order chi connectivity index (χ0) is 13.7. The lowest BCUT2D eigenvalue weighted by Crippen LogP contribution is -2.47. The molecule has 0 bridgehead atoms. The first-order chi connectivity index (χ1) is 9.15. The van der Waals surface area contributed by atoms with Gasteiger partial charge in [0.05, 0.1) is 6.54 Å². The molecule has 1 saturated heterocycles. The Morgan fingerprint density at radius 1 is 1.32 bits per heavy atom. The summed E-state index contributed by atoms with van der Waals surface area (Å²) in [5.41, 5.74) is 1.02. The molecule has 5 heteroatoms. The first-order valence-electron chi connectivity index (χ1n) is 6.60. The molecule has 104 valence electrons. The highest BCUT2D eigenvalue weighted by Gasteiger charge is 2.16. The van der Waals surface area contributed by atoms with Crippen LogP contribution in [0.1, 0.15) is 5.56 Å². The molecule has 0 aromatic heterocycles. The fraction of sp³-hybridized carbons (Fsp3) is 0.500. The van der Waals surface area contributed by atoms with E-state index in [1.807, 2.05) is 19.2 Å². The highest BCUT2D eigenvalue weighted by molar-refractivity contribution is 5.78. The monoisotopic (exact) mass is 263 g/mol. The molecule has 0 spiro atoms. The molecule has 2 rings (SSSR count). The van der Waals surface area contributed by atoms with E-state index in [-0.39, 0.29) is 11.7 Å². The summed E-state index contributed by atoms with van der Waals surface area (Å²) in [6.07, 6.45) is 0. The molecule has 1 aromatic carbocycles. The molecule has 1 aliphatic heterocycles. The molecule has 1 amide bonds. The van der Waals surface area contributed by atoms with Crippen LogP contribution < -0.4 is 5.32 Å². The van der Waals surface area contributed by atoms with Crippen molar-refractivity contribution in [2.75, 3.05) is 39.8 Å². The molecule has 2 N–H and O–H groups in total. The van der Waals surface area contributed by atoms with Crippen molar-refractivity contribution < 1.29 is 9.90 Å². The van der Waals surface area contributed by atoms with Crippen LogP contribution in [0, 0.1) is 0 Å². The average Bonchev–Trinajstić information content (AvgIpc) is 2.42. The number of rotatable bonds is 4. The van der Waals surface area contributed by atoms with Gasteiger partial charge in [0.25, 0.3) is 0 Å². The second kappa shape index (κ2) is 6.54. The van der Waals surface area contributed by atoms with Gasteiger partial charge in [-0.2, -0.15) is 0 Å². The number of phenolic OH excluding ortho intramolecular Hbond substituents is 1. The Morgan fingerprint density at radius 3 is 2.58 bits per heavy atom. The van der Waals surface area contributed by atoms with Crippen molar-refractivity contribution in [2.24, 2.45) is 0 Å². The average molecular weight is 263 g/mol. The smallest absolute Gasteiger partial charge is 0.236 e. The predicted molar refractivity (Wildman–Crippen MR) is 73.9 cm³/mol. The number of nitrogens with zero attached hydrogens (tertiary/aromatic N) is 2. The molecule has 0 saturated carbocycles. The third-order valence-corrected chi connectivity index (χ3v) is 3.35. The molecule has 0 unspecified atom stereocenters. The van der Waals surface area contributed by atoms with Crippen molar-refractivity contribution in [2.45, 2.75) is 6.54 Å². The number of amides is 1. The van der Waals surface area contributed by atoms with Crippen LogP contribution in [0.25, 0.3) is 0 Å². The van der Waals surface area contributed by atoms with Gasteiger partial charge in [-0.1, -0.05) is 12.1 Å². The third kappa shape index (κ3) is 4.22. The van der Waals surface area contributed by atoms with Gasteiger partial charge >= 0.3 is 0 Å². The molecule has 0 aliphatic carbocycles. The fourth-order valence-corrected chi connectivity index (χ4v) is 2.14. The van der Waals surface area contributed by atoms with E-state index < -0.39 is 0 Å². The number of aromatic hydroxyl groups is 1. The van der Waals surface area contributed by atoms with Crippen LogP contribution in [0.2, 0.25) is 0 Å². The Labute approximate surface area is 113 Å². The number of likely N-dealkylation sites (N-methyl/N-ethyl adjacent to an activating group) is 1. The molecule has 19 heavy (non-hydrogen) atoms. The second-order valence-corrected chi connectivity index (χ2v) is 4.94. The van der Waals surface area contributed by atoms with E-state index in [4.69, 9.17) is 0 Å². The molecule has 1 fully saturated rings. The maximum Gasteiger partial charge on any atom is 0.236 e. The van der Waals surface area contributed by atoms with Gasteiger partial charge in [-0.05, 0) is 17.7 Å². The van der Waals surface area contributed by atoms with Crippen molar-refractivity contribution in [3.63, 3.8) is 0 Å². The van der Waals surface area contributed by atoms with Crippen LogP contribution in [-0.2, 0) is 11.3 Å².